The van der Waals surface area contributed by atoms with E-state index in [4.69, 9.17) is 0 Å². The molecule has 60 valence electrons. The SMILES string of the molecule is CCCC(S)C1CCCC1. The molecule has 1 saturated carbocycles. The van der Waals surface area contributed by atoms with Crippen LogP contribution in [0.15, 0.2) is 0 Å². The zero-order chi connectivity index (χ0) is 7.40. The maximum atomic E-state index is 4.61. The van der Waals surface area contributed by atoms with E-state index in [-0.39, 0.29) is 0 Å². The van der Waals surface area contributed by atoms with E-state index in [9.17, 15) is 0 Å². The molecule has 0 N–H and O–H groups in total. The summed E-state index contributed by atoms with van der Waals surface area (Å²) in [5, 5.41) is 0.701. The molecule has 1 aliphatic rings. The molecule has 0 heterocycles. The predicted octanol–water partition coefficient (Wildman–Crippen LogP) is 3.28. The van der Waals surface area contributed by atoms with Crippen LogP contribution in [0, 0.1) is 5.92 Å². The maximum absolute atomic E-state index is 4.61. The predicted molar refractivity (Wildman–Crippen MR) is 49.6 cm³/mol. The first-order valence-electron chi connectivity index (χ1n) is 4.52. The van der Waals surface area contributed by atoms with Gasteiger partial charge >= 0.3 is 0 Å². The van der Waals surface area contributed by atoms with Crippen LogP contribution in [0.2, 0.25) is 0 Å². The monoisotopic (exact) mass is 158 g/mol. The molecule has 0 aromatic rings. The van der Waals surface area contributed by atoms with Crippen LogP contribution in [0.25, 0.3) is 0 Å². The molecule has 0 aromatic carbocycles. The zero-order valence-electron chi connectivity index (χ0n) is 6.84. The van der Waals surface area contributed by atoms with Crippen molar-refractivity contribution in [3.8, 4) is 0 Å². The van der Waals surface area contributed by atoms with Crippen LogP contribution in [0.4, 0.5) is 0 Å². The Balaban J connectivity index is 2.18. The first-order chi connectivity index (χ1) is 4.84. The molecule has 1 heteroatoms. The lowest BCUT2D eigenvalue weighted by molar-refractivity contribution is 0.498. The fourth-order valence-electron chi connectivity index (χ4n) is 1.87. The van der Waals surface area contributed by atoms with Crippen LogP contribution in [-0.2, 0) is 0 Å². The number of hydrogen-bond donors (Lipinski definition) is 1. The van der Waals surface area contributed by atoms with E-state index in [1.165, 1.54) is 38.5 Å². The lowest BCUT2D eigenvalue weighted by atomic mass is 10.0. The Kier molecular flexibility index (Phi) is 3.61. The van der Waals surface area contributed by atoms with Crippen molar-refractivity contribution in [3.05, 3.63) is 0 Å². The second-order valence-electron chi connectivity index (χ2n) is 3.40. The van der Waals surface area contributed by atoms with Crippen molar-refractivity contribution < 1.29 is 0 Å². The van der Waals surface area contributed by atoms with Gasteiger partial charge in [0.15, 0.2) is 0 Å². The van der Waals surface area contributed by atoms with Gasteiger partial charge in [-0.25, -0.2) is 0 Å². The highest BCUT2D eigenvalue weighted by atomic mass is 32.1. The van der Waals surface area contributed by atoms with E-state index in [0.717, 1.165) is 5.92 Å². The molecule has 0 nitrogen and oxygen atoms in total. The van der Waals surface area contributed by atoms with Gasteiger partial charge in [-0.1, -0.05) is 26.2 Å². The Hall–Kier alpha value is 0.350. The van der Waals surface area contributed by atoms with Crippen molar-refractivity contribution in [2.24, 2.45) is 5.92 Å². The summed E-state index contributed by atoms with van der Waals surface area (Å²) in [5.41, 5.74) is 0. The van der Waals surface area contributed by atoms with Gasteiger partial charge in [0.25, 0.3) is 0 Å². The molecule has 1 aliphatic carbocycles. The van der Waals surface area contributed by atoms with Crippen LogP contribution < -0.4 is 0 Å². The third-order valence-corrected chi connectivity index (χ3v) is 3.21. The Labute approximate surface area is 69.8 Å². The van der Waals surface area contributed by atoms with Gasteiger partial charge in [0.2, 0.25) is 0 Å². The summed E-state index contributed by atoms with van der Waals surface area (Å²) in [6.07, 6.45) is 8.39. The minimum Gasteiger partial charge on any atom is -0.176 e. The molecule has 0 bridgehead atoms. The summed E-state index contributed by atoms with van der Waals surface area (Å²) in [5.74, 6) is 0.947. The Bertz CT molecular complexity index is 84.7. The van der Waals surface area contributed by atoms with Gasteiger partial charge in [0.1, 0.15) is 0 Å². The van der Waals surface area contributed by atoms with E-state index in [0.29, 0.717) is 5.25 Å². The van der Waals surface area contributed by atoms with Gasteiger partial charge in [0, 0.05) is 5.25 Å². The molecule has 0 aromatic heterocycles. The van der Waals surface area contributed by atoms with Crippen LogP contribution in [0.5, 0.6) is 0 Å². The topological polar surface area (TPSA) is 0 Å². The summed E-state index contributed by atoms with van der Waals surface area (Å²) >= 11 is 4.61. The molecule has 1 rings (SSSR count). The summed E-state index contributed by atoms with van der Waals surface area (Å²) in [7, 11) is 0. The second-order valence-corrected chi connectivity index (χ2v) is 4.06. The summed E-state index contributed by atoms with van der Waals surface area (Å²) in [6.45, 7) is 2.25. The van der Waals surface area contributed by atoms with E-state index >= 15 is 0 Å². The van der Waals surface area contributed by atoms with Crippen LogP contribution in [0.3, 0.4) is 0 Å². The third-order valence-electron chi connectivity index (χ3n) is 2.53. The van der Waals surface area contributed by atoms with Gasteiger partial charge in [0.05, 0.1) is 0 Å². The van der Waals surface area contributed by atoms with Crippen LogP contribution >= 0.6 is 12.6 Å². The fraction of sp³-hybridized carbons (Fsp3) is 1.00. The Morgan fingerprint density at radius 1 is 1.40 bits per heavy atom. The van der Waals surface area contributed by atoms with Gasteiger partial charge in [-0.15, -0.1) is 0 Å². The van der Waals surface area contributed by atoms with E-state index in [1.54, 1.807) is 0 Å². The molecule has 0 spiro atoms. The highest BCUT2D eigenvalue weighted by Gasteiger charge is 2.20. The standard InChI is InChI=1S/C9H18S/c1-2-5-9(10)8-6-3-4-7-8/h8-10H,2-7H2,1H3. The number of hydrogen-bond acceptors (Lipinski definition) is 1. The minimum atomic E-state index is 0.701. The first-order valence-corrected chi connectivity index (χ1v) is 5.04. The smallest absolute Gasteiger partial charge is 0.00449 e. The molecule has 1 fully saturated rings. The average Bonchev–Trinajstić information content (AvgIpc) is 2.38. The first kappa shape index (κ1) is 8.45. The van der Waals surface area contributed by atoms with E-state index in [2.05, 4.69) is 19.6 Å². The second kappa shape index (κ2) is 4.27. The quantitative estimate of drug-likeness (QED) is 0.599. The molecule has 0 amide bonds. The van der Waals surface area contributed by atoms with E-state index < -0.39 is 0 Å². The van der Waals surface area contributed by atoms with Crippen molar-refractivity contribution in [1.29, 1.82) is 0 Å². The summed E-state index contributed by atoms with van der Waals surface area (Å²) in [4.78, 5) is 0. The largest absolute Gasteiger partial charge is 0.176 e. The number of thiol groups is 1. The van der Waals surface area contributed by atoms with Crippen molar-refractivity contribution in [2.45, 2.75) is 50.7 Å². The number of rotatable bonds is 3. The van der Waals surface area contributed by atoms with Gasteiger partial charge in [-0.3, -0.25) is 0 Å². The van der Waals surface area contributed by atoms with Gasteiger partial charge in [-0.05, 0) is 25.2 Å². The third kappa shape index (κ3) is 2.19. The zero-order valence-corrected chi connectivity index (χ0v) is 7.74. The molecule has 10 heavy (non-hydrogen) atoms. The average molecular weight is 158 g/mol. The Morgan fingerprint density at radius 2 is 2.00 bits per heavy atom. The van der Waals surface area contributed by atoms with Crippen LogP contribution in [-0.4, -0.2) is 5.25 Å². The van der Waals surface area contributed by atoms with Crippen molar-refractivity contribution in [2.75, 3.05) is 0 Å². The molecular formula is C9H18S. The summed E-state index contributed by atoms with van der Waals surface area (Å²) in [6, 6.07) is 0. The molecule has 1 atom stereocenters. The highest BCUT2D eigenvalue weighted by Crippen LogP contribution is 2.32. The molecule has 0 aliphatic heterocycles. The van der Waals surface area contributed by atoms with Gasteiger partial charge < -0.3 is 0 Å². The normalized spacial score (nSPS) is 23.4. The van der Waals surface area contributed by atoms with Crippen molar-refractivity contribution >= 4 is 12.6 Å². The molecule has 0 radical (unpaired) electrons. The van der Waals surface area contributed by atoms with Crippen LogP contribution in [0.1, 0.15) is 45.4 Å². The van der Waals surface area contributed by atoms with Gasteiger partial charge in [-0.2, -0.15) is 12.6 Å². The van der Waals surface area contributed by atoms with Crippen molar-refractivity contribution in [1.82, 2.24) is 0 Å². The lowest BCUT2D eigenvalue weighted by Gasteiger charge is -2.16. The molecule has 1 unspecified atom stereocenters. The Morgan fingerprint density at radius 3 is 2.50 bits per heavy atom. The maximum Gasteiger partial charge on any atom is 0.00449 e. The highest BCUT2D eigenvalue weighted by molar-refractivity contribution is 7.81. The van der Waals surface area contributed by atoms with Crippen molar-refractivity contribution in [3.63, 3.8) is 0 Å². The molecular weight excluding hydrogens is 140 g/mol. The minimum absolute atomic E-state index is 0.701. The molecule has 0 saturated heterocycles. The summed E-state index contributed by atoms with van der Waals surface area (Å²) < 4.78 is 0. The fourth-order valence-corrected chi connectivity index (χ4v) is 2.43. The van der Waals surface area contributed by atoms with E-state index in [1.807, 2.05) is 0 Å². The lowest BCUT2D eigenvalue weighted by Crippen LogP contribution is -2.10.